The Morgan fingerprint density at radius 3 is 1.84 bits per heavy atom. The van der Waals surface area contributed by atoms with E-state index in [1.807, 2.05) is 0 Å². The van der Waals surface area contributed by atoms with Gasteiger partial charge < -0.3 is 0 Å². The molecule has 0 spiro atoms. The van der Waals surface area contributed by atoms with Crippen molar-refractivity contribution in [3.05, 3.63) is 104 Å². The number of hydrogen-bond acceptors (Lipinski definition) is 0. The third kappa shape index (κ3) is 2.65. The van der Waals surface area contributed by atoms with Gasteiger partial charge in [0.25, 0.3) is 0 Å². The van der Waals surface area contributed by atoms with E-state index in [-0.39, 0.29) is 10.8 Å². The largest absolute Gasteiger partial charge is 0.0619 e. The van der Waals surface area contributed by atoms with Crippen molar-refractivity contribution in [2.45, 2.75) is 64.2 Å². The van der Waals surface area contributed by atoms with Crippen LogP contribution in [0.15, 0.2) is 81.4 Å². The zero-order valence-corrected chi connectivity index (χ0v) is 20.5. The van der Waals surface area contributed by atoms with E-state index in [9.17, 15) is 0 Å². The number of halogens is 1. The first-order valence-electron chi connectivity index (χ1n) is 11.6. The van der Waals surface area contributed by atoms with Crippen molar-refractivity contribution in [1.29, 1.82) is 0 Å². The molecule has 6 rings (SSSR count). The second kappa shape index (κ2) is 6.45. The number of rotatable bonds is 1. The summed E-state index contributed by atoms with van der Waals surface area (Å²) < 4.78 is 1.18. The van der Waals surface area contributed by atoms with E-state index < -0.39 is 0 Å². The number of hydrogen-bond donors (Lipinski definition) is 0. The quantitative estimate of drug-likeness (QED) is 0.392. The molecule has 0 bridgehead atoms. The predicted octanol–water partition coefficient (Wildman–Crippen LogP) is 8.68. The first-order chi connectivity index (χ1) is 14.8. The molecule has 0 nitrogen and oxygen atoms in total. The van der Waals surface area contributed by atoms with Crippen LogP contribution in [0.5, 0.6) is 0 Å². The van der Waals surface area contributed by atoms with Crippen LogP contribution >= 0.6 is 15.9 Å². The van der Waals surface area contributed by atoms with Crippen LogP contribution in [-0.2, 0) is 10.8 Å². The van der Waals surface area contributed by atoms with Crippen LogP contribution in [0.4, 0.5) is 0 Å². The van der Waals surface area contributed by atoms with E-state index in [4.69, 9.17) is 0 Å². The van der Waals surface area contributed by atoms with Gasteiger partial charge in [-0.1, -0.05) is 86.1 Å². The van der Waals surface area contributed by atoms with Gasteiger partial charge in [0, 0.05) is 15.3 Å². The van der Waals surface area contributed by atoms with E-state index in [1.165, 1.54) is 38.7 Å². The maximum atomic E-state index is 3.69. The SMILES string of the molecule is CC1(C)C2=C(CCC(C3=CC4=C(CC3)c3ccc(Br)cc3C4(C)C)=C2)c2ccccc21. The van der Waals surface area contributed by atoms with Crippen molar-refractivity contribution in [2.24, 2.45) is 0 Å². The molecule has 0 atom stereocenters. The zero-order chi connectivity index (χ0) is 21.5. The first-order valence-corrected chi connectivity index (χ1v) is 12.4. The second-order valence-corrected chi connectivity index (χ2v) is 11.5. The Morgan fingerprint density at radius 2 is 1.19 bits per heavy atom. The summed E-state index contributed by atoms with van der Waals surface area (Å²) in [5.74, 6) is 0. The van der Waals surface area contributed by atoms with Gasteiger partial charge in [0.05, 0.1) is 0 Å². The van der Waals surface area contributed by atoms with Gasteiger partial charge in [-0.05, 0) is 93.5 Å². The predicted molar refractivity (Wildman–Crippen MR) is 135 cm³/mol. The molecule has 2 aromatic carbocycles. The molecule has 0 aromatic heterocycles. The monoisotopic (exact) mass is 468 g/mol. The van der Waals surface area contributed by atoms with Crippen LogP contribution in [0.25, 0.3) is 11.1 Å². The van der Waals surface area contributed by atoms with Gasteiger partial charge >= 0.3 is 0 Å². The molecule has 31 heavy (non-hydrogen) atoms. The summed E-state index contributed by atoms with van der Waals surface area (Å²) in [5.41, 5.74) is 15.5. The second-order valence-electron chi connectivity index (χ2n) is 10.6. The van der Waals surface area contributed by atoms with Crippen LogP contribution in [0.2, 0.25) is 0 Å². The topological polar surface area (TPSA) is 0 Å². The molecule has 1 heteroatoms. The summed E-state index contributed by atoms with van der Waals surface area (Å²) in [4.78, 5) is 0. The van der Waals surface area contributed by atoms with Crippen LogP contribution in [-0.4, -0.2) is 0 Å². The molecule has 0 N–H and O–H groups in total. The van der Waals surface area contributed by atoms with Gasteiger partial charge in [-0.3, -0.25) is 0 Å². The summed E-state index contributed by atoms with van der Waals surface area (Å²) >= 11 is 3.69. The van der Waals surface area contributed by atoms with E-state index in [1.54, 1.807) is 27.9 Å². The first kappa shape index (κ1) is 19.6. The minimum absolute atomic E-state index is 0.0721. The normalized spacial score (nSPS) is 22.5. The van der Waals surface area contributed by atoms with Crippen molar-refractivity contribution in [2.75, 3.05) is 0 Å². The summed E-state index contributed by atoms with van der Waals surface area (Å²) in [7, 11) is 0. The third-order valence-corrected chi connectivity index (χ3v) is 8.73. The van der Waals surface area contributed by atoms with Gasteiger partial charge in [0.15, 0.2) is 0 Å². The fourth-order valence-electron chi connectivity index (χ4n) is 6.52. The Labute approximate surface area is 194 Å². The van der Waals surface area contributed by atoms with Gasteiger partial charge in [0.1, 0.15) is 0 Å². The van der Waals surface area contributed by atoms with Crippen LogP contribution in [0.3, 0.4) is 0 Å². The number of fused-ring (bicyclic) bond motifs is 4. The molecule has 2 aromatic rings. The molecule has 0 amide bonds. The summed E-state index contributed by atoms with van der Waals surface area (Å²) in [6.07, 6.45) is 9.76. The average molecular weight is 469 g/mol. The lowest BCUT2D eigenvalue weighted by Crippen LogP contribution is -2.18. The number of benzene rings is 2. The molecule has 0 heterocycles. The highest BCUT2D eigenvalue weighted by atomic mass is 79.9. The van der Waals surface area contributed by atoms with Gasteiger partial charge in [0.2, 0.25) is 0 Å². The van der Waals surface area contributed by atoms with Gasteiger partial charge in [-0.2, -0.15) is 0 Å². The van der Waals surface area contributed by atoms with Crippen molar-refractivity contribution < 1.29 is 0 Å². The van der Waals surface area contributed by atoms with Crippen molar-refractivity contribution in [3.63, 3.8) is 0 Å². The molecule has 0 aliphatic heterocycles. The maximum Gasteiger partial charge on any atom is 0.0178 e. The molecular formula is C30H29Br. The molecule has 0 radical (unpaired) electrons. The van der Waals surface area contributed by atoms with Crippen LogP contribution < -0.4 is 0 Å². The smallest absolute Gasteiger partial charge is 0.0178 e. The maximum absolute atomic E-state index is 3.69. The van der Waals surface area contributed by atoms with Crippen LogP contribution in [0.1, 0.15) is 75.6 Å². The zero-order valence-electron chi connectivity index (χ0n) is 18.9. The number of allylic oxidation sites excluding steroid dienone is 8. The lowest BCUT2D eigenvalue weighted by Gasteiger charge is -2.29. The van der Waals surface area contributed by atoms with Crippen LogP contribution in [0, 0.1) is 0 Å². The highest BCUT2D eigenvalue weighted by Gasteiger charge is 2.40. The summed E-state index contributed by atoms with van der Waals surface area (Å²) in [6.45, 7) is 9.59. The fraction of sp³-hybridized carbons (Fsp3) is 0.333. The summed E-state index contributed by atoms with van der Waals surface area (Å²) in [5, 5.41) is 0. The standard InChI is InChI=1S/C30H29Br/c1-29(2)25-8-6-5-7-21(25)22-12-9-18(15-26(22)29)19-10-13-23-24-14-11-20(31)17-28(24)30(3,4)27(23)16-19/h5-8,11,14-17H,9-10,12-13H2,1-4H3. The molecule has 4 aliphatic rings. The molecule has 0 saturated carbocycles. The van der Waals surface area contributed by atoms with Crippen molar-refractivity contribution in [3.8, 4) is 0 Å². The summed E-state index contributed by atoms with van der Waals surface area (Å²) in [6, 6.07) is 15.9. The Morgan fingerprint density at radius 1 is 0.645 bits per heavy atom. The minimum atomic E-state index is 0.0721. The lowest BCUT2D eigenvalue weighted by atomic mass is 9.75. The molecule has 0 unspecified atom stereocenters. The molecule has 156 valence electrons. The molecule has 0 fully saturated rings. The van der Waals surface area contributed by atoms with Crippen molar-refractivity contribution in [1.82, 2.24) is 0 Å². The lowest BCUT2D eigenvalue weighted by molar-refractivity contribution is 0.645. The Balaban J connectivity index is 1.43. The fourth-order valence-corrected chi connectivity index (χ4v) is 6.88. The Hall–Kier alpha value is -2.12. The minimum Gasteiger partial charge on any atom is -0.0619 e. The van der Waals surface area contributed by atoms with E-state index in [0.29, 0.717) is 0 Å². The third-order valence-electron chi connectivity index (χ3n) is 8.24. The van der Waals surface area contributed by atoms with Gasteiger partial charge in [-0.25, -0.2) is 0 Å². The van der Waals surface area contributed by atoms with E-state index >= 15 is 0 Å². The van der Waals surface area contributed by atoms with Gasteiger partial charge in [-0.15, -0.1) is 0 Å². The average Bonchev–Trinajstić information content (AvgIpc) is 3.13. The molecular weight excluding hydrogens is 440 g/mol. The highest BCUT2D eigenvalue weighted by molar-refractivity contribution is 9.10. The van der Waals surface area contributed by atoms with Crippen molar-refractivity contribution >= 4 is 27.1 Å². The van der Waals surface area contributed by atoms with E-state index in [2.05, 4.69) is 98.2 Å². The Bertz CT molecular complexity index is 1270. The molecule has 0 saturated heterocycles. The Kier molecular flexibility index (Phi) is 4.07. The van der Waals surface area contributed by atoms with E-state index in [0.717, 1.165) is 19.3 Å². The highest BCUT2D eigenvalue weighted by Crippen LogP contribution is 2.55. The molecule has 4 aliphatic carbocycles.